The SMILES string of the molecule is CC1Cc2c(C=O)c(O)c3c(c2C(=O)O1)CC(C)(C)C3. The standard InChI is InChI=1S/C16H18O4/c1-8-4-9-12(7-17)14(18)11-6-16(2,3)5-10(11)13(9)15(19)20-8/h7-8,18H,4-6H2,1-3H3. The minimum Gasteiger partial charge on any atom is -0.507 e. The van der Waals surface area contributed by atoms with Gasteiger partial charge in [0.2, 0.25) is 0 Å². The molecule has 0 saturated heterocycles. The van der Waals surface area contributed by atoms with E-state index in [1.165, 1.54) is 0 Å². The third-order valence-electron chi connectivity index (χ3n) is 4.27. The molecule has 1 N–H and O–H groups in total. The van der Waals surface area contributed by atoms with Crippen molar-refractivity contribution in [2.24, 2.45) is 5.41 Å². The molecule has 1 unspecified atom stereocenters. The van der Waals surface area contributed by atoms with E-state index in [2.05, 4.69) is 13.8 Å². The predicted octanol–water partition coefficient (Wildman–Crippen LogP) is 2.43. The predicted molar refractivity (Wildman–Crippen MR) is 73.3 cm³/mol. The number of phenols is 1. The zero-order valence-corrected chi connectivity index (χ0v) is 11.9. The van der Waals surface area contributed by atoms with Gasteiger partial charge in [0.1, 0.15) is 11.9 Å². The van der Waals surface area contributed by atoms with Crippen LogP contribution >= 0.6 is 0 Å². The number of esters is 1. The molecule has 2 aliphatic rings. The Morgan fingerprint density at radius 2 is 1.90 bits per heavy atom. The third kappa shape index (κ3) is 1.74. The molecule has 1 aromatic carbocycles. The van der Waals surface area contributed by atoms with Gasteiger partial charge in [0.25, 0.3) is 0 Å². The Labute approximate surface area is 117 Å². The second-order valence-electron chi connectivity index (χ2n) is 6.63. The molecule has 0 radical (unpaired) electrons. The van der Waals surface area contributed by atoms with E-state index >= 15 is 0 Å². The zero-order chi connectivity index (χ0) is 14.7. The van der Waals surface area contributed by atoms with Gasteiger partial charge in [-0.3, -0.25) is 4.79 Å². The van der Waals surface area contributed by atoms with Gasteiger partial charge in [-0.05, 0) is 41.9 Å². The van der Waals surface area contributed by atoms with Crippen molar-refractivity contribution in [3.8, 4) is 5.75 Å². The van der Waals surface area contributed by atoms with Gasteiger partial charge in [0.05, 0.1) is 11.1 Å². The molecule has 4 heteroatoms. The number of hydrogen-bond acceptors (Lipinski definition) is 4. The van der Waals surface area contributed by atoms with Crippen molar-refractivity contribution < 1.29 is 19.4 Å². The first-order chi connectivity index (χ1) is 9.34. The minimum absolute atomic E-state index is 0.0154. The van der Waals surface area contributed by atoms with Crippen LogP contribution in [0.2, 0.25) is 0 Å². The molecule has 1 atom stereocenters. The second kappa shape index (κ2) is 4.08. The summed E-state index contributed by atoms with van der Waals surface area (Å²) < 4.78 is 5.31. The lowest BCUT2D eigenvalue weighted by Crippen LogP contribution is -2.28. The van der Waals surface area contributed by atoms with Crippen LogP contribution in [0.3, 0.4) is 0 Å². The monoisotopic (exact) mass is 274 g/mol. The summed E-state index contributed by atoms with van der Waals surface area (Å²) in [6, 6.07) is 0. The maximum absolute atomic E-state index is 12.2. The smallest absolute Gasteiger partial charge is 0.339 e. The Hall–Kier alpha value is -1.84. The summed E-state index contributed by atoms with van der Waals surface area (Å²) in [6.45, 7) is 5.98. The number of ether oxygens (including phenoxy) is 1. The first kappa shape index (κ1) is 13.2. The fourth-order valence-corrected chi connectivity index (χ4v) is 3.48. The maximum atomic E-state index is 12.2. The normalized spacial score (nSPS) is 22.9. The molecule has 0 aromatic heterocycles. The van der Waals surface area contributed by atoms with E-state index in [4.69, 9.17) is 4.74 Å². The van der Waals surface area contributed by atoms with Crippen molar-refractivity contribution >= 4 is 12.3 Å². The molecule has 20 heavy (non-hydrogen) atoms. The molecule has 0 bridgehead atoms. The van der Waals surface area contributed by atoms with E-state index in [9.17, 15) is 14.7 Å². The largest absolute Gasteiger partial charge is 0.507 e. The summed E-state index contributed by atoms with van der Waals surface area (Å²) in [5, 5.41) is 10.4. The molecule has 0 saturated carbocycles. The highest BCUT2D eigenvalue weighted by atomic mass is 16.5. The van der Waals surface area contributed by atoms with Crippen LogP contribution in [0.15, 0.2) is 0 Å². The summed E-state index contributed by atoms with van der Waals surface area (Å²) in [5.74, 6) is -0.308. The number of carbonyl (C=O) groups excluding carboxylic acids is 2. The average Bonchev–Trinajstić information content (AvgIpc) is 2.64. The first-order valence-corrected chi connectivity index (χ1v) is 6.90. The number of cyclic esters (lactones) is 1. The number of rotatable bonds is 1. The lowest BCUT2D eigenvalue weighted by molar-refractivity contribution is 0.0299. The molecule has 1 aromatic rings. The summed E-state index contributed by atoms with van der Waals surface area (Å²) in [4.78, 5) is 23.6. The van der Waals surface area contributed by atoms with E-state index in [1.807, 2.05) is 0 Å². The molecule has 0 amide bonds. The Morgan fingerprint density at radius 1 is 1.25 bits per heavy atom. The highest BCUT2D eigenvalue weighted by molar-refractivity contribution is 5.99. The summed E-state index contributed by atoms with van der Waals surface area (Å²) >= 11 is 0. The first-order valence-electron chi connectivity index (χ1n) is 6.90. The van der Waals surface area contributed by atoms with Gasteiger partial charge >= 0.3 is 5.97 Å². The van der Waals surface area contributed by atoms with E-state index in [0.717, 1.165) is 17.5 Å². The van der Waals surface area contributed by atoms with E-state index < -0.39 is 0 Å². The van der Waals surface area contributed by atoms with E-state index in [-0.39, 0.29) is 28.8 Å². The van der Waals surface area contributed by atoms with Gasteiger partial charge in [-0.1, -0.05) is 13.8 Å². The van der Waals surface area contributed by atoms with Gasteiger partial charge in [-0.25, -0.2) is 4.79 Å². The van der Waals surface area contributed by atoms with Crippen molar-refractivity contribution in [1.29, 1.82) is 0 Å². The fourth-order valence-electron chi connectivity index (χ4n) is 3.48. The average molecular weight is 274 g/mol. The van der Waals surface area contributed by atoms with E-state index in [1.54, 1.807) is 6.92 Å². The molecular weight excluding hydrogens is 256 g/mol. The summed E-state index contributed by atoms with van der Waals surface area (Å²) in [5.41, 5.74) is 3.02. The van der Waals surface area contributed by atoms with Crippen LogP contribution in [0.1, 0.15) is 58.2 Å². The van der Waals surface area contributed by atoms with Crippen molar-refractivity contribution in [2.45, 2.75) is 46.1 Å². The summed E-state index contributed by atoms with van der Waals surface area (Å²) in [6.07, 6.45) is 2.27. The van der Waals surface area contributed by atoms with Crippen LogP contribution in [-0.4, -0.2) is 23.5 Å². The highest BCUT2D eigenvalue weighted by Crippen LogP contribution is 2.46. The Kier molecular flexibility index (Phi) is 2.68. The van der Waals surface area contributed by atoms with Gasteiger partial charge in [-0.15, -0.1) is 0 Å². The number of benzene rings is 1. The molecular formula is C16H18O4. The lowest BCUT2D eigenvalue weighted by Gasteiger charge is -2.26. The maximum Gasteiger partial charge on any atom is 0.339 e. The summed E-state index contributed by atoms with van der Waals surface area (Å²) in [7, 11) is 0. The van der Waals surface area contributed by atoms with Crippen LogP contribution in [0.25, 0.3) is 0 Å². The lowest BCUT2D eigenvalue weighted by atomic mass is 9.87. The van der Waals surface area contributed by atoms with Crippen molar-refractivity contribution in [1.82, 2.24) is 0 Å². The highest BCUT2D eigenvalue weighted by Gasteiger charge is 2.39. The zero-order valence-electron chi connectivity index (χ0n) is 11.9. The minimum atomic E-state index is -0.365. The number of fused-ring (bicyclic) bond motifs is 3. The quantitative estimate of drug-likeness (QED) is 0.631. The van der Waals surface area contributed by atoms with E-state index in [0.29, 0.717) is 30.3 Å². The molecule has 4 nitrogen and oxygen atoms in total. The van der Waals surface area contributed by atoms with Gasteiger partial charge < -0.3 is 9.84 Å². The van der Waals surface area contributed by atoms with Gasteiger partial charge in [-0.2, -0.15) is 0 Å². The molecule has 1 aliphatic heterocycles. The molecule has 3 rings (SSSR count). The van der Waals surface area contributed by atoms with Crippen LogP contribution in [0.4, 0.5) is 0 Å². The Balaban J connectivity index is 2.32. The molecule has 1 heterocycles. The molecule has 0 spiro atoms. The number of phenolic OH excluding ortho intramolecular Hbond substituents is 1. The number of hydrogen-bond donors (Lipinski definition) is 1. The molecule has 1 aliphatic carbocycles. The van der Waals surface area contributed by atoms with Crippen LogP contribution < -0.4 is 0 Å². The van der Waals surface area contributed by atoms with Crippen molar-refractivity contribution in [2.75, 3.05) is 0 Å². The fraction of sp³-hybridized carbons (Fsp3) is 0.500. The number of carbonyl (C=O) groups is 2. The van der Waals surface area contributed by atoms with Gasteiger partial charge in [0.15, 0.2) is 6.29 Å². The third-order valence-corrected chi connectivity index (χ3v) is 4.27. The molecule has 0 fully saturated rings. The van der Waals surface area contributed by atoms with Crippen molar-refractivity contribution in [3.05, 3.63) is 27.8 Å². The topological polar surface area (TPSA) is 63.6 Å². The van der Waals surface area contributed by atoms with Crippen molar-refractivity contribution in [3.63, 3.8) is 0 Å². The molecule has 106 valence electrons. The number of aldehydes is 1. The van der Waals surface area contributed by atoms with Gasteiger partial charge in [0, 0.05) is 6.42 Å². The Morgan fingerprint density at radius 3 is 2.55 bits per heavy atom. The second-order valence-corrected chi connectivity index (χ2v) is 6.63. The Bertz CT molecular complexity index is 628. The van der Waals surface area contributed by atoms with Crippen LogP contribution in [0, 0.1) is 5.41 Å². The number of aromatic hydroxyl groups is 1. The van der Waals surface area contributed by atoms with Crippen LogP contribution in [-0.2, 0) is 24.0 Å². The van der Waals surface area contributed by atoms with Crippen LogP contribution in [0.5, 0.6) is 5.75 Å².